The van der Waals surface area contributed by atoms with E-state index in [0.717, 1.165) is 6.42 Å². The number of furan rings is 1. The molecule has 26 heavy (non-hydrogen) atoms. The van der Waals surface area contributed by atoms with Gasteiger partial charge in [0.15, 0.2) is 5.78 Å². The molecular formula is C17H15N5O4. The molecule has 1 amide bonds. The van der Waals surface area contributed by atoms with Crippen molar-refractivity contribution >= 4 is 17.4 Å². The smallest absolute Gasteiger partial charge is 0.361 e. The zero-order valence-corrected chi connectivity index (χ0v) is 13.9. The zero-order valence-electron chi connectivity index (χ0n) is 13.9. The summed E-state index contributed by atoms with van der Waals surface area (Å²) in [5.74, 6) is 1.15. The predicted molar refractivity (Wildman–Crippen MR) is 89.4 cm³/mol. The predicted octanol–water partition coefficient (Wildman–Crippen LogP) is 2.66. The van der Waals surface area contributed by atoms with Crippen LogP contribution >= 0.6 is 0 Å². The van der Waals surface area contributed by atoms with Gasteiger partial charge in [0.1, 0.15) is 17.3 Å². The molecule has 1 aromatic carbocycles. The molecule has 9 heteroatoms. The Balaban J connectivity index is 1.52. The molecule has 0 bridgehead atoms. The lowest BCUT2D eigenvalue weighted by atomic mass is 9.93. The second-order valence-electron chi connectivity index (χ2n) is 5.88. The highest BCUT2D eigenvalue weighted by atomic mass is 16.5. The zero-order chi connectivity index (χ0) is 18.1. The van der Waals surface area contributed by atoms with Crippen LogP contribution in [-0.2, 0) is 6.42 Å². The van der Waals surface area contributed by atoms with E-state index in [1.807, 2.05) is 0 Å². The Morgan fingerprint density at radius 3 is 2.81 bits per heavy atom. The number of H-pyrrole nitrogens is 1. The van der Waals surface area contributed by atoms with Gasteiger partial charge in [-0.25, -0.2) is 0 Å². The fourth-order valence-corrected chi connectivity index (χ4v) is 2.98. The molecule has 3 aromatic rings. The Labute approximate surface area is 147 Å². The van der Waals surface area contributed by atoms with Gasteiger partial charge in [-0.2, -0.15) is 5.21 Å². The van der Waals surface area contributed by atoms with Crippen molar-refractivity contribution in [2.45, 2.75) is 26.2 Å². The molecule has 0 fully saturated rings. The van der Waals surface area contributed by atoms with E-state index in [-0.39, 0.29) is 17.7 Å². The summed E-state index contributed by atoms with van der Waals surface area (Å²) in [6.45, 7) is 1.70. The molecule has 9 nitrogen and oxygen atoms in total. The number of anilines is 1. The second-order valence-corrected chi connectivity index (χ2v) is 5.88. The van der Waals surface area contributed by atoms with E-state index in [4.69, 9.17) is 9.15 Å². The number of aromatic nitrogens is 4. The third-order valence-electron chi connectivity index (χ3n) is 4.12. The Hall–Kier alpha value is -3.49. The molecule has 0 unspecified atom stereocenters. The number of aromatic amines is 1. The fraction of sp³-hybridized carbons (Fsp3) is 0.235. The summed E-state index contributed by atoms with van der Waals surface area (Å²) < 4.78 is 11.0. The standard InChI is InChI=1S/C17H15N5O4/c1-9-14(15-12(23)3-2-4-13(15)25-9)16(24)18-10-5-7-11(8-6-10)26-17-19-21-22-20-17/h5-8H,2-4H2,1H3,(H,18,24)(H,19,20,21,22). The fourth-order valence-electron chi connectivity index (χ4n) is 2.98. The van der Waals surface area contributed by atoms with Gasteiger partial charge in [-0.05, 0) is 42.8 Å². The number of benzene rings is 1. The van der Waals surface area contributed by atoms with Gasteiger partial charge in [0.2, 0.25) is 0 Å². The number of hydrogen-bond acceptors (Lipinski definition) is 7. The van der Waals surface area contributed by atoms with E-state index in [2.05, 4.69) is 25.9 Å². The van der Waals surface area contributed by atoms with Gasteiger partial charge in [0.25, 0.3) is 5.91 Å². The van der Waals surface area contributed by atoms with Gasteiger partial charge in [0, 0.05) is 18.5 Å². The lowest BCUT2D eigenvalue weighted by Gasteiger charge is -2.10. The maximum Gasteiger partial charge on any atom is 0.361 e. The first kappa shape index (κ1) is 16.0. The van der Waals surface area contributed by atoms with Crippen molar-refractivity contribution in [2.75, 3.05) is 5.32 Å². The summed E-state index contributed by atoms with van der Waals surface area (Å²) in [4.78, 5) is 24.9. The van der Waals surface area contributed by atoms with Crippen LogP contribution in [0, 0.1) is 6.92 Å². The van der Waals surface area contributed by atoms with Gasteiger partial charge in [-0.1, -0.05) is 10.2 Å². The second kappa shape index (κ2) is 6.43. The quantitative estimate of drug-likeness (QED) is 0.739. The van der Waals surface area contributed by atoms with Crippen LogP contribution in [0.15, 0.2) is 28.7 Å². The number of fused-ring (bicyclic) bond motifs is 1. The number of ketones is 1. The SMILES string of the molecule is Cc1oc2c(c1C(=O)Nc1ccc(Oc3nn[nH]n3)cc1)C(=O)CCC2. The Bertz CT molecular complexity index is 960. The molecule has 2 heterocycles. The number of hydrogen-bond donors (Lipinski definition) is 2. The van der Waals surface area contributed by atoms with Crippen LogP contribution in [0.4, 0.5) is 5.69 Å². The molecular weight excluding hydrogens is 338 g/mol. The van der Waals surface area contributed by atoms with Crippen molar-refractivity contribution in [2.24, 2.45) is 0 Å². The van der Waals surface area contributed by atoms with Gasteiger partial charge in [-0.15, -0.1) is 0 Å². The molecule has 1 aliphatic rings. The lowest BCUT2D eigenvalue weighted by Crippen LogP contribution is -2.18. The maximum atomic E-state index is 12.7. The highest BCUT2D eigenvalue weighted by Gasteiger charge is 2.30. The first-order valence-electron chi connectivity index (χ1n) is 8.10. The van der Waals surface area contributed by atoms with Gasteiger partial charge in [0.05, 0.1) is 11.1 Å². The number of rotatable bonds is 4. The van der Waals surface area contributed by atoms with E-state index in [1.165, 1.54) is 0 Å². The third kappa shape index (κ3) is 2.94. The summed E-state index contributed by atoms with van der Waals surface area (Å²) in [7, 11) is 0. The summed E-state index contributed by atoms with van der Waals surface area (Å²) in [6, 6.07) is 6.78. The number of tetrazole rings is 1. The molecule has 0 saturated carbocycles. The lowest BCUT2D eigenvalue weighted by molar-refractivity contribution is 0.0955. The van der Waals surface area contributed by atoms with E-state index < -0.39 is 0 Å². The molecule has 4 rings (SSSR count). The topological polar surface area (TPSA) is 123 Å². The van der Waals surface area contributed by atoms with Crippen molar-refractivity contribution in [3.8, 4) is 11.8 Å². The molecule has 1 aliphatic carbocycles. The van der Waals surface area contributed by atoms with E-state index >= 15 is 0 Å². The Morgan fingerprint density at radius 1 is 1.27 bits per heavy atom. The van der Waals surface area contributed by atoms with Crippen molar-refractivity contribution in [3.05, 3.63) is 46.9 Å². The largest absolute Gasteiger partial charge is 0.465 e. The summed E-state index contributed by atoms with van der Waals surface area (Å²) in [5.41, 5.74) is 1.30. The van der Waals surface area contributed by atoms with Crippen molar-refractivity contribution in [1.82, 2.24) is 20.6 Å². The maximum absolute atomic E-state index is 12.7. The molecule has 2 N–H and O–H groups in total. The van der Waals surface area contributed by atoms with Crippen LogP contribution in [0.3, 0.4) is 0 Å². The third-order valence-corrected chi connectivity index (χ3v) is 4.12. The van der Waals surface area contributed by atoms with Crippen molar-refractivity contribution < 1.29 is 18.7 Å². The molecule has 0 atom stereocenters. The summed E-state index contributed by atoms with van der Waals surface area (Å²) in [6.07, 6.45) is 1.87. The van der Waals surface area contributed by atoms with Crippen LogP contribution in [0.25, 0.3) is 0 Å². The average Bonchev–Trinajstić information content (AvgIpc) is 3.24. The highest BCUT2D eigenvalue weighted by molar-refractivity contribution is 6.14. The number of ether oxygens (including phenoxy) is 1. The number of Topliss-reactive ketones (excluding diaryl/α,β-unsaturated/α-hetero) is 1. The Morgan fingerprint density at radius 2 is 2.08 bits per heavy atom. The average molecular weight is 353 g/mol. The van der Waals surface area contributed by atoms with E-state index in [9.17, 15) is 9.59 Å². The number of aryl methyl sites for hydroxylation is 2. The van der Waals surface area contributed by atoms with Crippen LogP contribution < -0.4 is 10.1 Å². The van der Waals surface area contributed by atoms with Gasteiger partial charge < -0.3 is 14.5 Å². The summed E-state index contributed by atoms with van der Waals surface area (Å²) >= 11 is 0. The molecule has 2 aromatic heterocycles. The highest BCUT2D eigenvalue weighted by Crippen LogP contribution is 2.30. The number of carbonyl (C=O) groups is 2. The van der Waals surface area contributed by atoms with Gasteiger partial charge >= 0.3 is 6.01 Å². The minimum Gasteiger partial charge on any atom is -0.465 e. The first-order valence-corrected chi connectivity index (χ1v) is 8.10. The van der Waals surface area contributed by atoms with Crippen LogP contribution in [-0.4, -0.2) is 32.3 Å². The summed E-state index contributed by atoms with van der Waals surface area (Å²) in [5, 5.41) is 15.9. The molecule has 0 saturated heterocycles. The van der Waals surface area contributed by atoms with Crippen molar-refractivity contribution in [3.63, 3.8) is 0 Å². The number of carbonyl (C=O) groups excluding carboxylic acids is 2. The Kier molecular flexibility index (Phi) is 3.96. The molecule has 132 valence electrons. The van der Waals surface area contributed by atoms with Crippen LogP contribution in [0.2, 0.25) is 0 Å². The van der Waals surface area contributed by atoms with Crippen LogP contribution in [0.5, 0.6) is 11.8 Å². The van der Waals surface area contributed by atoms with Gasteiger partial charge in [-0.3, -0.25) is 9.59 Å². The van der Waals surface area contributed by atoms with E-state index in [0.29, 0.717) is 46.9 Å². The minimum absolute atomic E-state index is 0.0443. The normalized spacial score (nSPS) is 13.3. The minimum atomic E-state index is -0.366. The number of nitrogens with one attached hydrogen (secondary N) is 2. The van der Waals surface area contributed by atoms with Crippen LogP contribution in [0.1, 0.15) is 45.1 Å². The van der Waals surface area contributed by atoms with E-state index in [1.54, 1.807) is 31.2 Å². The molecule has 0 radical (unpaired) electrons. The monoisotopic (exact) mass is 353 g/mol. The molecule has 0 aliphatic heterocycles. The number of amides is 1. The van der Waals surface area contributed by atoms with Crippen molar-refractivity contribution in [1.29, 1.82) is 0 Å². The first-order chi connectivity index (χ1) is 12.6. The molecule has 0 spiro atoms. The number of nitrogens with zero attached hydrogens (tertiary/aromatic N) is 3.